The Hall–Kier alpha value is -1.40. The van der Waals surface area contributed by atoms with Gasteiger partial charge < -0.3 is 14.7 Å². The summed E-state index contributed by atoms with van der Waals surface area (Å²) in [5.74, 6) is 0.127. The van der Waals surface area contributed by atoms with Crippen LogP contribution in [0.1, 0.15) is 36.7 Å². The van der Waals surface area contributed by atoms with Gasteiger partial charge in [-0.25, -0.2) is 0 Å². The number of hydrogen-bond acceptors (Lipinski definition) is 4. The molecule has 6 nitrogen and oxygen atoms in total. The normalized spacial score (nSPS) is 18.9. The molecular formula is C17H31N5O. The molecule has 6 heteroatoms. The lowest BCUT2D eigenvalue weighted by Gasteiger charge is -2.38. The van der Waals surface area contributed by atoms with E-state index in [0.29, 0.717) is 6.04 Å². The van der Waals surface area contributed by atoms with Gasteiger partial charge in [0.15, 0.2) is 0 Å². The predicted octanol–water partition coefficient (Wildman–Crippen LogP) is 1.39. The zero-order valence-corrected chi connectivity index (χ0v) is 15.0. The van der Waals surface area contributed by atoms with Crippen molar-refractivity contribution < 1.29 is 4.79 Å². The fourth-order valence-electron chi connectivity index (χ4n) is 3.11. The van der Waals surface area contributed by atoms with Crippen LogP contribution in [0.5, 0.6) is 0 Å². The van der Waals surface area contributed by atoms with E-state index in [1.807, 2.05) is 15.6 Å². The van der Waals surface area contributed by atoms with Crippen LogP contribution >= 0.6 is 0 Å². The second-order valence-electron chi connectivity index (χ2n) is 6.77. The number of carbonyl (C=O) groups is 1. The topological polar surface area (TPSA) is 44.6 Å². The van der Waals surface area contributed by atoms with E-state index in [1.54, 1.807) is 6.20 Å². The zero-order valence-electron chi connectivity index (χ0n) is 15.0. The first-order chi connectivity index (χ1) is 11.0. The van der Waals surface area contributed by atoms with Crippen molar-refractivity contribution in [3.05, 3.63) is 18.0 Å². The maximum atomic E-state index is 12.8. The quantitative estimate of drug-likeness (QED) is 0.761. The molecule has 130 valence electrons. The lowest BCUT2D eigenvalue weighted by atomic mass is 10.0. The highest BCUT2D eigenvalue weighted by Crippen LogP contribution is 2.17. The third kappa shape index (κ3) is 4.78. The molecule has 1 aliphatic heterocycles. The van der Waals surface area contributed by atoms with Crippen LogP contribution in [0, 0.1) is 0 Å². The van der Waals surface area contributed by atoms with Gasteiger partial charge in [-0.1, -0.05) is 6.92 Å². The van der Waals surface area contributed by atoms with Crippen LogP contribution in [0.3, 0.4) is 0 Å². The molecule has 0 N–H and O–H groups in total. The molecule has 1 amide bonds. The Morgan fingerprint density at radius 1 is 1.35 bits per heavy atom. The predicted molar refractivity (Wildman–Crippen MR) is 92.6 cm³/mol. The molecule has 1 aliphatic rings. The third-order valence-corrected chi connectivity index (χ3v) is 4.58. The van der Waals surface area contributed by atoms with Crippen LogP contribution in [-0.4, -0.2) is 83.8 Å². The number of likely N-dealkylation sites (tertiary alicyclic amines) is 1. The van der Waals surface area contributed by atoms with Gasteiger partial charge in [0.05, 0.1) is 0 Å². The van der Waals surface area contributed by atoms with Gasteiger partial charge in [-0.2, -0.15) is 5.10 Å². The van der Waals surface area contributed by atoms with Crippen molar-refractivity contribution in [3.8, 4) is 0 Å². The van der Waals surface area contributed by atoms with Crippen LogP contribution in [0.15, 0.2) is 12.3 Å². The third-order valence-electron chi connectivity index (χ3n) is 4.58. The minimum absolute atomic E-state index is 0.127. The van der Waals surface area contributed by atoms with Crippen LogP contribution < -0.4 is 0 Å². The summed E-state index contributed by atoms with van der Waals surface area (Å²) in [5.41, 5.74) is 0.725. The summed E-state index contributed by atoms with van der Waals surface area (Å²) in [6, 6.07) is 2.30. The van der Waals surface area contributed by atoms with Crippen molar-refractivity contribution >= 4 is 5.91 Å². The number of piperidine rings is 1. The number of aromatic nitrogens is 2. The highest BCUT2D eigenvalue weighted by atomic mass is 16.2. The van der Waals surface area contributed by atoms with E-state index in [-0.39, 0.29) is 5.91 Å². The first kappa shape index (κ1) is 17.9. The van der Waals surface area contributed by atoms with Crippen LogP contribution in [-0.2, 0) is 6.54 Å². The van der Waals surface area contributed by atoms with Crippen LogP contribution in [0.2, 0.25) is 0 Å². The Morgan fingerprint density at radius 3 is 2.83 bits per heavy atom. The van der Waals surface area contributed by atoms with E-state index in [0.717, 1.165) is 51.3 Å². The number of aryl methyl sites for hydroxylation is 1. The van der Waals surface area contributed by atoms with Crippen molar-refractivity contribution in [2.75, 3.05) is 47.3 Å². The van der Waals surface area contributed by atoms with Gasteiger partial charge in [0, 0.05) is 45.0 Å². The van der Waals surface area contributed by atoms with E-state index in [9.17, 15) is 4.79 Å². The standard InChI is InChI=1S/C17H31N5O/c1-5-10-22-16(8-9-18-22)17(23)21-11-6-7-15(14-21)20(4)13-12-19(2)3/h8-9,15H,5-7,10-14H2,1-4H3/t15-/m0/s1. The van der Waals surface area contributed by atoms with E-state index < -0.39 is 0 Å². The van der Waals surface area contributed by atoms with Crippen molar-refractivity contribution in [3.63, 3.8) is 0 Å². The fraction of sp³-hybridized carbons (Fsp3) is 0.765. The molecule has 2 heterocycles. The minimum atomic E-state index is 0.127. The highest BCUT2D eigenvalue weighted by molar-refractivity contribution is 5.92. The van der Waals surface area contributed by atoms with Gasteiger partial charge in [-0.15, -0.1) is 0 Å². The average molecular weight is 321 g/mol. The Morgan fingerprint density at radius 2 is 2.13 bits per heavy atom. The summed E-state index contributed by atoms with van der Waals surface area (Å²) in [4.78, 5) is 19.4. The Balaban J connectivity index is 1.97. The summed E-state index contributed by atoms with van der Waals surface area (Å²) in [5, 5.41) is 4.28. The summed E-state index contributed by atoms with van der Waals surface area (Å²) >= 11 is 0. The number of rotatable bonds is 7. The Kier molecular flexibility index (Phi) is 6.59. The second kappa shape index (κ2) is 8.45. The Bertz CT molecular complexity index is 499. The summed E-state index contributed by atoms with van der Waals surface area (Å²) < 4.78 is 1.84. The molecule has 0 spiro atoms. The smallest absolute Gasteiger partial charge is 0.272 e. The van der Waals surface area contributed by atoms with E-state index >= 15 is 0 Å². The van der Waals surface area contributed by atoms with E-state index in [1.165, 1.54) is 6.42 Å². The van der Waals surface area contributed by atoms with E-state index in [2.05, 4.69) is 43.0 Å². The maximum absolute atomic E-state index is 12.8. The molecule has 1 saturated heterocycles. The van der Waals surface area contributed by atoms with Gasteiger partial charge >= 0.3 is 0 Å². The second-order valence-corrected chi connectivity index (χ2v) is 6.77. The summed E-state index contributed by atoms with van der Waals surface area (Å²) in [7, 11) is 6.36. The highest BCUT2D eigenvalue weighted by Gasteiger charge is 2.28. The molecule has 0 saturated carbocycles. The molecule has 0 unspecified atom stereocenters. The monoisotopic (exact) mass is 321 g/mol. The number of hydrogen-bond donors (Lipinski definition) is 0. The maximum Gasteiger partial charge on any atom is 0.272 e. The lowest BCUT2D eigenvalue weighted by Crippen LogP contribution is -2.50. The first-order valence-electron chi connectivity index (χ1n) is 8.69. The molecule has 1 atom stereocenters. The molecule has 1 fully saturated rings. The summed E-state index contributed by atoms with van der Waals surface area (Å²) in [6.07, 6.45) is 4.96. The van der Waals surface area contributed by atoms with Gasteiger partial charge in [0.25, 0.3) is 5.91 Å². The van der Waals surface area contributed by atoms with Gasteiger partial charge in [0.1, 0.15) is 5.69 Å². The molecule has 1 aromatic heterocycles. The number of carbonyl (C=O) groups excluding carboxylic acids is 1. The molecule has 0 aliphatic carbocycles. The van der Waals surface area contributed by atoms with Crippen LogP contribution in [0.25, 0.3) is 0 Å². The average Bonchev–Trinajstić information content (AvgIpc) is 3.00. The zero-order chi connectivity index (χ0) is 16.8. The van der Waals surface area contributed by atoms with Crippen molar-refractivity contribution in [1.29, 1.82) is 0 Å². The Labute approximate surface area is 140 Å². The lowest BCUT2D eigenvalue weighted by molar-refractivity contribution is 0.0591. The molecule has 0 radical (unpaired) electrons. The molecule has 0 aromatic carbocycles. The summed E-state index contributed by atoms with van der Waals surface area (Å²) in [6.45, 7) is 6.66. The van der Waals surface area contributed by atoms with Gasteiger partial charge in [-0.05, 0) is 46.5 Å². The largest absolute Gasteiger partial charge is 0.336 e. The number of amides is 1. The fourth-order valence-corrected chi connectivity index (χ4v) is 3.11. The minimum Gasteiger partial charge on any atom is -0.336 e. The SMILES string of the molecule is CCCn1nccc1C(=O)N1CCC[C@H](N(C)CCN(C)C)C1. The van der Waals surface area contributed by atoms with Crippen LogP contribution in [0.4, 0.5) is 0 Å². The molecule has 23 heavy (non-hydrogen) atoms. The molecule has 2 rings (SSSR count). The molecule has 0 bridgehead atoms. The number of nitrogens with zero attached hydrogens (tertiary/aromatic N) is 5. The van der Waals surface area contributed by atoms with Crippen molar-refractivity contribution in [2.24, 2.45) is 0 Å². The van der Waals surface area contributed by atoms with E-state index in [4.69, 9.17) is 0 Å². The van der Waals surface area contributed by atoms with Crippen molar-refractivity contribution in [2.45, 2.75) is 38.8 Å². The van der Waals surface area contributed by atoms with Gasteiger partial charge in [0.2, 0.25) is 0 Å². The van der Waals surface area contributed by atoms with Crippen molar-refractivity contribution in [1.82, 2.24) is 24.5 Å². The van der Waals surface area contributed by atoms with Gasteiger partial charge in [-0.3, -0.25) is 9.48 Å². The molecule has 1 aromatic rings. The first-order valence-corrected chi connectivity index (χ1v) is 8.69. The number of likely N-dealkylation sites (N-methyl/N-ethyl adjacent to an activating group) is 2. The molecular weight excluding hydrogens is 290 g/mol.